The van der Waals surface area contributed by atoms with Crippen LogP contribution in [0.4, 0.5) is 17.1 Å². The topological polar surface area (TPSA) is 131 Å². The highest BCUT2D eigenvalue weighted by atomic mass is 35.5. The zero-order valence-electron chi connectivity index (χ0n) is 20.5. The molecule has 37 heavy (non-hydrogen) atoms. The Balaban J connectivity index is 1.76. The number of nitrogens with zero attached hydrogens (tertiary/aromatic N) is 1. The van der Waals surface area contributed by atoms with Gasteiger partial charge in [0.15, 0.2) is 0 Å². The van der Waals surface area contributed by atoms with Crippen LogP contribution in [-0.4, -0.2) is 49.8 Å². The van der Waals surface area contributed by atoms with Gasteiger partial charge in [-0.1, -0.05) is 17.7 Å². The van der Waals surface area contributed by atoms with Crippen molar-refractivity contribution in [2.75, 3.05) is 41.4 Å². The van der Waals surface area contributed by atoms with Crippen molar-refractivity contribution in [3.05, 3.63) is 71.2 Å². The Morgan fingerprint density at radius 1 is 0.973 bits per heavy atom. The molecule has 0 aliphatic carbocycles. The quantitative estimate of drug-likeness (QED) is 0.380. The zero-order valence-corrected chi connectivity index (χ0v) is 22.9. The van der Waals surface area contributed by atoms with Crippen molar-refractivity contribution in [1.29, 1.82) is 0 Å². The predicted octanol–water partition coefficient (Wildman–Crippen LogP) is 3.87. The lowest BCUT2D eigenvalue weighted by molar-refractivity contribution is -0.114. The van der Waals surface area contributed by atoms with E-state index in [-0.39, 0.29) is 22.0 Å². The van der Waals surface area contributed by atoms with Gasteiger partial charge in [0.25, 0.3) is 10.0 Å². The molecule has 3 aromatic carbocycles. The first-order valence-electron chi connectivity index (χ1n) is 10.7. The van der Waals surface area contributed by atoms with Crippen molar-refractivity contribution >= 4 is 54.6 Å². The summed E-state index contributed by atoms with van der Waals surface area (Å²) in [6.45, 7) is 1.15. The number of halogens is 1. The largest absolute Gasteiger partial charge is 0.497 e. The average Bonchev–Trinajstić information content (AvgIpc) is 2.84. The fourth-order valence-corrected chi connectivity index (χ4v) is 5.53. The summed E-state index contributed by atoms with van der Waals surface area (Å²) in [5.41, 5.74) is 1.26. The smallest absolute Gasteiger partial charge is 0.262 e. The van der Waals surface area contributed by atoms with Gasteiger partial charge in [0.05, 0.1) is 36.7 Å². The molecule has 1 amide bonds. The van der Waals surface area contributed by atoms with Crippen LogP contribution in [0.25, 0.3) is 0 Å². The Morgan fingerprint density at radius 2 is 1.65 bits per heavy atom. The molecular weight excluding hydrogens is 542 g/mol. The summed E-state index contributed by atoms with van der Waals surface area (Å²) < 4.78 is 64.3. The minimum absolute atomic E-state index is 0.0670. The summed E-state index contributed by atoms with van der Waals surface area (Å²) in [7, 11) is -4.93. The molecule has 0 fully saturated rings. The first-order chi connectivity index (χ1) is 17.4. The molecule has 0 unspecified atom stereocenters. The summed E-state index contributed by atoms with van der Waals surface area (Å²) in [6.07, 6.45) is 0.991. The molecule has 10 nitrogen and oxygen atoms in total. The normalized spacial score (nSPS) is 11.5. The Morgan fingerprint density at radius 3 is 2.24 bits per heavy atom. The van der Waals surface area contributed by atoms with E-state index in [1.54, 1.807) is 37.3 Å². The first-order valence-corrected chi connectivity index (χ1v) is 14.4. The molecule has 0 bridgehead atoms. The molecule has 3 aromatic rings. The van der Waals surface area contributed by atoms with Crippen molar-refractivity contribution in [3.63, 3.8) is 0 Å². The number of hydrogen-bond acceptors (Lipinski definition) is 7. The molecule has 0 heterocycles. The van der Waals surface area contributed by atoms with Crippen molar-refractivity contribution in [3.8, 4) is 11.5 Å². The third-order valence-electron chi connectivity index (χ3n) is 5.29. The van der Waals surface area contributed by atoms with Crippen molar-refractivity contribution in [2.45, 2.75) is 11.8 Å². The molecule has 2 N–H and O–H groups in total. The highest BCUT2D eigenvalue weighted by Gasteiger charge is 2.23. The molecule has 0 spiro atoms. The minimum Gasteiger partial charge on any atom is -0.497 e. The maximum Gasteiger partial charge on any atom is 0.262 e. The van der Waals surface area contributed by atoms with E-state index in [2.05, 4.69) is 10.0 Å². The lowest BCUT2D eigenvalue weighted by atomic mass is 10.2. The Bertz CT molecular complexity index is 1510. The van der Waals surface area contributed by atoms with Crippen LogP contribution in [0.15, 0.2) is 65.6 Å². The molecule has 0 radical (unpaired) electrons. The number of amides is 1. The van der Waals surface area contributed by atoms with Gasteiger partial charge in [0, 0.05) is 16.8 Å². The van der Waals surface area contributed by atoms with Gasteiger partial charge in [-0.05, 0) is 61.0 Å². The van der Waals surface area contributed by atoms with Crippen LogP contribution in [-0.2, 0) is 24.8 Å². The van der Waals surface area contributed by atoms with Gasteiger partial charge in [0.2, 0.25) is 15.9 Å². The van der Waals surface area contributed by atoms with Gasteiger partial charge in [-0.15, -0.1) is 0 Å². The van der Waals surface area contributed by atoms with Crippen LogP contribution in [0.5, 0.6) is 11.5 Å². The van der Waals surface area contributed by atoms with Crippen LogP contribution < -0.4 is 23.8 Å². The van der Waals surface area contributed by atoms with Gasteiger partial charge in [-0.3, -0.25) is 13.8 Å². The van der Waals surface area contributed by atoms with E-state index in [9.17, 15) is 21.6 Å². The highest BCUT2D eigenvalue weighted by molar-refractivity contribution is 7.92. The lowest BCUT2D eigenvalue weighted by Crippen LogP contribution is -2.37. The van der Waals surface area contributed by atoms with Crippen molar-refractivity contribution < 1.29 is 31.1 Å². The second kappa shape index (κ2) is 11.3. The molecule has 0 aliphatic rings. The van der Waals surface area contributed by atoms with E-state index in [1.165, 1.54) is 44.6 Å². The van der Waals surface area contributed by atoms with E-state index < -0.39 is 32.5 Å². The number of ether oxygens (including phenoxy) is 2. The number of methoxy groups -OCH3 is 2. The SMILES string of the molecule is COc1ccc(OC)c(NS(=O)(=O)c2ccc(NC(=O)CN(c3cccc(Cl)c3C)S(C)(=O)=O)cc2)c1. The molecule has 0 saturated heterocycles. The van der Waals surface area contributed by atoms with Gasteiger partial charge in [-0.2, -0.15) is 0 Å². The van der Waals surface area contributed by atoms with E-state index in [0.717, 1.165) is 10.6 Å². The monoisotopic (exact) mass is 567 g/mol. The minimum atomic E-state index is -4.00. The molecule has 0 aliphatic heterocycles. The molecule has 198 valence electrons. The predicted molar refractivity (Wildman–Crippen MR) is 144 cm³/mol. The number of benzene rings is 3. The number of hydrogen-bond donors (Lipinski definition) is 2. The van der Waals surface area contributed by atoms with Gasteiger partial charge >= 0.3 is 0 Å². The number of rotatable bonds is 10. The van der Waals surface area contributed by atoms with E-state index in [1.807, 2.05) is 0 Å². The second-order valence-corrected chi connectivity index (χ2v) is 11.9. The van der Waals surface area contributed by atoms with Crippen LogP contribution in [0.1, 0.15) is 5.56 Å². The van der Waals surface area contributed by atoms with Crippen LogP contribution in [0.2, 0.25) is 5.02 Å². The molecule has 13 heteroatoms. The molecular formula is C24H26ClN3O7S2. The molecule has 3 rings (SSSR count). The summed E-state index contributed by atoms with van der Waals surface area (Å²) in [5, 5.41) is 2.94. The average molecular weight is 568 g/mol. The fraction of sp³-hybridized carbons (Fsp3) is 0.208. The number of carbonyl (C=O) groups is 1. The van der Waals surface area contributed by atoms with Crippen LogP contribution >= 0.6 is 11.6 Å². The van der Waals surface area contributed by atoms with Crippen LogP contribution in [0, 0.1) is 6.92 Å². The molecule has 0 saturated carbocycles. The van der Waals surface area contributed by atoms with E-state index in [0.29, 0.717) is 22.1 Å². The van der Waals surface area contributed by atoms with Gasteiger partial charge < -0.3 is 14.8 Å². The first kappa shape index (κ1) is 28.1. The fourth-order valence-electron chi connectivity index (χ4n) is 3.39. The zero-order chi connectivity index (χ0) is 27.4. The summed E-state index contributed by atoms with van der Waals surface area (Å²) >= 11 is 6.12. The maximum atomic E-state index is 12.9. The number of carbonyl (C=O) groups excluding carboxylic acids is 1. The van der Waals surface area contributed by atoms with Gasteiger partial charge in [0.1, 0.15) is 18.0 Å². The summed E-state index contributed by atoms with van der Waals surface area (Å²) in [4.78, 5) is 12.6. The van der Waals surface area contributed by atoms with E-state index >= 15 is 0 Å². The number of sulfonamides is 2. The third kappa shape index (κ3) is 6.85. The maximum absolute atomic E-state index is 12.9. The Kier molecular flexibility index (Phi) is 8.57. The number of anilines is 3. The standard InChI is InChI=1S/C24H26ClN3O7S2/c1-16-20(25)6-5-7-22(16)28(36(4,30)31)15-24(29)26-17-8-11-19(12-9-17)37(32,33)27-21-14-18(34-2)10-13-23(21)35-3/h5-14,27H,15H2,1-4H3,(H,26,29). The second-order valence-electron chi connectivity index (χ2n) is 7.90. The van der Waals surface area contributed by atoms with Gasteiger partial charge in [-0.25, -0.2) is 16.8 Å². The third-order valence-corrected chi connectivity index (χ3v) is 8.21. The molecule has 0 atom stereocenters. The Hall–Kier alpha value is -3.48. The highest BCUT2D eigenvalue weighted by Crippen LogP contribution is 2.31. The lowest BCUT2D eigenvalue weighted by Gasteiger charge is -2.24. The summed E-state index contributed by atoms with van der Waals surface area (Å²) in [6, 6.07) is 14.9. The van der Waals surface area contributed by atoms with Crippen molar-refractivity contribution in [2.24, 2.45) is 0 Å². The van der Waals surface area contributed by atoms with Crippen molar-refractivity contribution in [1.82, 2.24) is 0 Å². The Labute approximate surface area is 221 Å². The van der Waals surface area contributed by atoms with Crippen LogP contribution in [0.3, 0.4) is 0 Å². The number of nitrogens with one attached hydrogen (secondary N) is 2. The summed E-state index contributed by atoms with van der Waals surface area (Å²) in [5.74, 6) is 0.117. The molecule has 0 aromatic heterocycles. The van der Waals surface area contributed by atoms with E-state index in [4.69, 9.17) is 21.1 Å².